The number of amides is 1. The predicted molar refractivity (Wildman–Crippen MR) is 77.2 cm³/mol. The van der Waals surface area contributed by atoms with E-state index in [9.17, 15) is 9.59 Å². The largest absolute Gasteiger partial charge is 0.463 e. The molecule has 0 bridgehead atoms. The first-order valence-electron chi connectivity index (χ1n) is 5.92. The summed E-state index contributed by atoms with van der Waals surface area (Å²) < 4.78 is 9.57. The molecule has 1 rings (SSSR count). The number of rotatable bonds is 7. The van der Waals surface area contributed by atoms with Crippen LogP contribution < -0.4 is 5.32 Å². The lowest BCUT2D eigenvalue weighted by Gasteiger charge is -2.07. The Balaban J connectivity index is 2.34. The zero-order chi connectivity index (χ0) is 15.0. The van der Waals surface area contributed by atoms with Gasteiger partial charge in [0.25, 0.3) is 0 Å². The Bertz CT molecular complexity index is 479. The van der Waals surface area contributed by atoms with Crippen LogP contribution in [0.5, 0.6) is 0 Å². The van der Waals surface area contributed by atoms with Gasteiger partial charge in [-0.1, -0.05) is 23.2 Å². The third-order valence-electron chi connectivity index (χ3n) is 2.31. The first kappa shape index (κ1) is 16.8. The Morgan fingerprint density at radius 3 is 2.60 bits per heavy atom. The molecule has 0 unspecified atom stereocenters. The first-order valence-corrected chi connectivity index (χ1v) is 6.68. The summed E-state index contributed by atoms with van der Waals surface area (Å²) in [6, 6.07) is 4.74. The van der Waals surface area contributed by atoms with E-state index in [0.717, 1.165) is 0 Å². The minimum Gasteiger partial charge on any atom is -0.463 e. The molecule has 0 radical (unpaired) electrons. The van der Waals surface area contributed by atoms with Crippen molar-refractivity contribution in [1.29, 1.82) is 0 Å². The van der Waals surface area contributed by atoms with E-state index in [1.165, 1.54) is 13.2 Å². The number of halogens is 2. The maximum Gasteiger partial charge on any atom is 0.306 e. The zero-order valence-electron chi connectivity index (χ0n) is 10.9. The number of carbonyl (C=O) groups excluding carboxylic acids is 2. The van der Waals surface area contributed by atoms with Crippen LogP contribution >= 0.6 is 23.2 Å². The van der Waals surface area contributed by atoms with Crippen molar-refractivity contribution in [3.05, 3.63) is 28.2 Å². The van der Waals surface area contributed by atoms with Gasteiger partial charge in [0.2, 0.25) is 5.91 Å². The number of esters is 1. The van der Waals surface area contributed by atoms with Crippen molar-refractivity contribution >= 4 is 40.8 Å². The van der Waals surface area contributed by atoms with Crippen molar-refractivity contribution in [2.75, 3.05) is 25.6 Å². The minimum atomic E-state index is -0.445. The lowest BCUT2D eigenvalue weighted by molar-refractivity contribution is -0.145. The van der Waals surface area contributed by atoms with Gasteiger partial charge in [0, 0.05) is 18.6 Å². The highest BCUT2D eigenvalue weighted by Gasteiger charge is 2.10. The number of carbonyl (C=O) groups is 2. The third-order valence-corrected chi connectivity index (χ3v) is 2.86. The van der Waals surface area contributed by atoms with Gasteiger partial charge >= 0.3 is 5.97 Å². The van der Waals surface area contributed by atoms with E-state index in [4.69, 9.17) is 32.7 Å². The summed E-state index contributed by atoms with van der Waals surface area (Å²) in [7, 11) is 1.51. The molecule has 0 aliphatic rings. The fourth-order valence-corrected chi connectivity index (χ4v) is 1.79. The molecule has 0 atom stereocenters. The molecule has 1 N–H and O–H groups in total. The number of hydrogen-bond donors (Lipinski definition) is 1. The number of anilines is 1. The molecule has 0 aliphatic carbocycles. The van der Waals surface area contributed by atoms with Gasteiger partial charge in [-0.3, -0.25) is 9.59 Å². The van der Waals surface area contributed by atoms with E-state index < -0.39 is 5.97 Å². The number of ether oxygens (including phenoxy) is 2. The average Bonchev–Trinajstić information content (AvgIpc) is 2.40. The van der Waals surface area contributed by atoms with Crippen molar-refractivity contribution < 1.29 is 19.1 Å². The van der Waals surface area contributed by atoms with Crippen LogP contribution in [0.25, 0.3) is 0 Å². The molecule has 110 valence electrons. The van der Waals surface area contributed by atoms with Crippen molar-refractivity contribution in [2.45, 2.75) is 12.8 Å². The van der Waals surface area contributed by atoms with Gasteiger partial charge in [0.1, 0.15) is 6.61 Å². The molecule has 1 aromatic rings. The van der Waals surface area contributed by atoms with Gasteiger partial charge < -0.3 is 14.8 Å². The van der Waals surface area contributed by atoms with Crippen LogP contribution in [0, 0.1) is 0 Å². The molecule has 20 heavy (non-hydrogen) atoms. The van der Waals surface area contributed by atoms with Gasteiger partial charge in [-0.15, -0.1) is 0 Å². The molecule has 1 aromatic carbocycles. The van der Waals surface area contributed by atoms with Crippen LogP contribution in [0.1, 0.15) is 12.8 Å². The lowest BCUT2D eigenvalue weighted by atomic mass is 10.2. The molecule has 0 aliphatic heterocycles. The SMILES string of the molecule is COCCOC(=O)CCC(=O)Nc1ccc(Cl)cc1Cl. The van der Waals surface area contributed by atoms with Crippen molar-refractivity contribution in [3.8, 4) is 0 Å². The van der Waals surface area contributed by atoms with Crippen LogP contribution in [-0.4, -0.2) is 32.2 Å². The Labute approximate surface area is 127 Å². The fraction of sp³-hybridized carbons (Fsp3) is 0.385. The first-order chi connectivity index (χ1) is 9.52. The Kier molecular flexibility index (Phi) is 7.36. The van der Waals surface area contributed by atoms with Gasteiger partial charge in [-0.25, -0.2) is 0 Å². The minimum absolute atomic E-state index is 0.000750. The third kappa shape index (κ3) is 6.23. The highest BCUT2D eigenvalue weighted by Crippen LogP contribution is 2.25. The van der Waals surface area contributed by atoms with Crippen molar-refractivity contribution in [2.24, 2.45) is 0 Å². The van der Waals surface area contributed by atoms with Gasteiger partial charge in [-0.2, -0.15) is 0 Å². The van der Waals surface area contributed by atoms with Crippen LogP contribution in [0.4, 0.5) is 5.69 Å². The van der Waals surface area contributed by atoms with Gasteiger partial charge in [0.05, 0.1) is 23.7 Å². The van der Waals surface area contributed by atoms with E-state index in [0.29, 0.717) is 22.3 Å². The van der Waals surface area contributed by atoms with E-state index in [2.05, 4.69) is 5.32 Å². The molecule has 5 nitrogen and oxygen atoms in total. The van der Waals surface area contributed by atoms with Gasteiger partial charge in [-0.05, 0) is 18.2 Å². The topological polar surface area (TPSA) is 64.6 Å². The number of nitrogens with one attached hydrogen (secondary N) is 1. The molecule has 1 amide bonds. The highest BCUT2D eigenvalue weighted by atomic mass is 35.5. The van der Waals surface area contributed by atoms with E-state index >= 15 is 0 Å². The van der Waals surface area contributed by atoms with Gasteiger partial charge in [0.15, 0.2) is 0 Å². The molecular formula is C13H15Cl2NO4. The molecule has 0 spiro atoms. The van der Waals surface area contributed by atoms with Crippen LogP contribution in [0.3, 0.4) is 0 Å². The molecule has 0 saturated heterocycles. The van der Waals surface area contributed by atoms with E-state index in [-0.39, 0.29) is 25.4 Å². The standard InChI is InChI=1S/C13H15Cl2NO4/c1-19-6-7-20-13(18)5-4-12(17)16-11-3-2-9(14)8-10(11)15/h2-3,8H,4-7H2,1H3,(H,16,17). The van der Waals surface area contributed by atoms with E-state index in [1.807, 2.05) is 0 Å². The van der Waals surface area contributed by atoms with Crippen LogP contribution in [-0.2, 0) is 19.1 Å². The molecule has 7 heteroatoms. The normalized spacial score (nSPS) is 10.2. The summed E-state index contributed by atoms with van der Waals surface area (Å²) >= 11 is 11.7. The Morgan fingerprint density at radius 1 is 1.20 bits per heavy atom. The maximum atomic E-state index is 11.6. The quantitative estimate of drug-likeness (QED) is 0.620. The second-order valence-electron chi connectivity index (χ2n) is 3.89. The number of hydrogen-bond acceptors (Lipinski definition) is 4. The maximum absolute atomic E-state index is 11.6. The molecule has 0 saturated carbocycles. The summed E-state index contributed by atoms with van der Waals surface area (Å²) in [6.45, 7) is 0.512. The average molecular weight is 320 g/mol. The molecule has 0 fully saturated rings. The smallest absolute Gasteiger partial charge is 0.306 e. The molecule has 0 heterocycles. The Hall–Kier alpha value is -1.30. The fourth-order valence-electron chi connectivity index (χ4n) is 1.33. The number of benzene rings is 1. The summed E-state index contributed by atoms with van der Waals surface area (Å²) in [5.41, 5.74) is 0.453. The van der Waals surface area contributed by atoms with Crippen LogP contribution in [0.15, 0.2) is 18.2 Å². The lowest BCUT2D eigenvalue weighted by Crippen LogP contribution is -2.16. The Morgan fingerprint density at radius 2 is 1.95 bits per heavy atom. The van der Waals surface area contributed by atoms with Crippen LogP contribution in [0.2, 0.25) is 10.0 Å². The highest BCUT2D eigenvalue weighted by molar-refractivity contribution is 6.36. The zero-order valence-corrected chi connectivity index (χ0v) is 12.5. The summed E-state index contributed by atoms with van der Waals surface area (Å²) in [6.07, 6.45) is 0.0194. The number of methoxy groups -OCH3 is 1. The van der Waals surface area contributed by atoms with Crippen molar-refractivity contribution in [3.63, 3.8) is 0 Å². The van der Waals surface area contributed by atoms with E-state index in [1.54, 1.807) is 12.1 Å². The summed E-state index contributed by atoms with van der Waals surface area (Å²) in [5.74, 6) is -0.766. The molecular weight excluding hydrogens is 305 g/mol. The summed E-state index contributed by atoms with van der Waals surface area (Å²) in [4.78, 5) is 22.9. The van der Waals surface area contributed by atoms with Crippen molar-refractivity contribution in [1.82, 2.24) is 0 Å². The second kappa shape index (κ2) is 8.79. The molecule has 0 aromatic heterocycles. The predicted octanol–water partition coefficient (Wildman–Crippen LogP) is 2.90. The second-order valence-corrected chi connectivity index (χ2v) is 4.73. The monoisotopic (exact) mass is 319 g/mol. The summed E-state index contributed by atoms with van der Waals surface area (Å²) in [5, 5.41) is 3.42.